The van der Waals surface area contributed by atoms with Gasteiger partial charge in [-0.2, -0.15) is 0 Å². The third kappa shape index (κ3) is 25.7. The zero-order chi connectivity index (χ0) is 0. The second kappa shape index (κ2) is 38.7. The Morgan fingerprint density at radius 2 is 0.833 bits per heavy atom. The summed E-state index contributed by atoms with van der Waals surface area (Å²) < 4.78 is 0. The van der Waals surface area contributed by atoms with Gasteiger partial charge in [-0.05, 0) is 0 Å². The van der Waals surface area contributed by atoms with Crippen molar-refractivity contribution in [3.05, 3.63) is 0 Å². The van der Waals surface area contributed by atoms with Gasteiger partial charge in [0.2, 0.25) is 0 Å². The average Bonchev–Trinajstić information content (AvgIpc) is 0. The summed E-state index contributed by atoms with van der Waals surface area (Å²) >= 11 is 0. The van der Waals surface area contributed by atoms with Gasteiger partial charge in [0, 0.05) is 84.2 Å². The van der Waals surface area contributed by atoms with E-state index in [1.807, 2.05) is 0 Å². The van der Waals surface area contributed by atoms with Gasteiger partial charge in [0.25, 0.3) is 0 Å². The maximum atomic E-state index is 0. The summed E-state index contributed by atoms with van der Waals surface area (Å²) in [4.78, 5) is 0. The van der Waals surface area contributed by atoms with E-state index in [0.29, 0.717) is 0 Å². The molecule has 0 aromatic carbocycles. The Kier molecular flexibility index (Phi) is 358. The van der Waals surface area contributed by atoms with Gasteiger partial charge >= 0.3 is 29.6 Å². The zero-order valence-electron chi connectivity index (χ0n) is 3.74. The predicted octanol–water partition coefficient (Wildman–Crippen LogP) is -2.90. The summed E-state index contributed by atoms with van der Waals surface area (Å²) in [6.07, 6.45) is 0. The molecule has 6 heavy (non-hydrogen) atoms. The quantitative estimate of drug-likeness (QED) is 0.422. The van der Waals surface area contributed by atoms with Crippen molar-refractivity contribution in [1.29, 1.82) is 0 Å². The minimum Gasteiger partial charge on any atom is -1.00 e. The Bertz CT molecular complexity index is 15.7. The summed E-state index contributed by atoms with van der Waals surface area (Å²) in [5.74, 6) is 0. The Balaban J connectivity index is 0. The Morgan fingerprint density at radius 1 is 0.833 bits per heavy atom. The first-order valence-corrected chi connectivity index (χ1v) is 0. The maximum Gasteiger partial charge on any atom is 1.00 e. The largest absolute Gasteiger partial charge is 1.00 e. The van der Waals surface area contributed by atoms with Crippen molar-refractivity contribution in [2.45, 2.75) is 0 Å². The first-order chi connectivity index (χ1) is 0. The summed E-state index contributed by atoms with van der Waals surface area (Å²) in [6, 6.07) is 0. The molecule has 0 nitrogen and oxygen atoms in total. The van der Waals surface area contributed by atoms with Gasteiger partial charge in [-0.15, -0.1) is 0 Å². The maximum absolute atomic E-state index is 0. The Hall–Kier alpha value is 3.55. The van der Waals surface area contributed by atoms with Crippen molar-refractivity contribution < 1.29 is 115 Å². The van der Waals surface area contributed by atoms with Crippen molar-refractivity contribution >= 4 is 0 Å². The number of hydrogen-bond donors (Lipinski definition) is 0. The van der Waals surface area contributed by atoms with Crippen LogP contribution in [-0.2, 0) is 84.2 Å². The molecular weight excluding hydrogens is 306 g/mol. The van der Waals surface area contributed by atoms with Crippen LogP contribution in [0.3, 0.4) is 0 Å². The van der Waals surface area contributed by atoms with Gasteiger partial charge < -0.3 is 1.43 Å². The predicted molar refractivity (Wildman–Crippen MR) is 1.11 cm³/mol. The topological polar surface area (TPSA) is 0 Å². The van der Waals surface area contributed by atoms with Crippen LogP contribution in [0.2, 0.25) is 0 Å². The van der Waals surface area contributed by atoms with E-state index in [4.69, 9.17) is 0 Å². The molecule has 2 radical (unpaired) electrons. The van der Waals surface area contributed by atoms with E-state index < -0.39 is 0 Å². The van der Waals surface area contributed by atoms with Crippen LogP contribution in [0, 0.1) is 0 Å². The third-order valence-corrected chi connectivity index (χ3v) is 0. The second-order valence-corrected chi connectivity index (χ2v) is 0. The molecule has 0 bridgehead atoms. The molecule has 0 N–H and O–H groups in total. The molecule has 0 atom stereocenters. The van der Waals surface area contributed by atoms with E-state index >= 15 is 0 Å². The van der Waals surface area contributed by atoms with Crippen LogP contribution in [0.5, 0.6) is 0 Å². The van der Waals surface area contributed by atoms with E-state index in [1.165, 1.54) is 0 Å². The molecule has 0 aliphatic rings. The van der Waals surface area contributed by atoms with Crippen LogP contribution in [0.1, 0.15) is 1.43 Å². The molecule has 0 unspecified atom stereocenters. The fourth-order valence-corrected chi connectivity index (χ4v) is 0. The molecule has 0 heterocycles. The van der Waals surface area contributed by atoms with Crippen LogP contribution in [-0.4, -0.2) is 0 Å². The SMILES string of the molecule is [Fe].[H-].[Mn].[Mn].[Na+].[Ni].[Ni]. The molecule has 0 aliphatic carbocycles. The van der Waals surface area contributed by atoms with Gasteiger partial charge in [0.15, 0.2) is 0 Å². The molecule has 0 aromatic rings. The van der Waals surface area contributed by atoms with E-state index in [1.54, 1.807) is 0 Å². The fourth-order valence-electron chi connectivity index (χ4n) is 0. The molecule has 0 saturated heterocycles. The Labute approximate surface area is 113 Å². The normalized spacial score (nSPS) is 0. The Morgan fingerprint density at radius 3 is 0.833 bits per heavy atom. The minimum absolute atomic E-state index is 0. The monoisotopic (exact) mass is 306 g/mol. The third-order valence-electron chi connectivity index (χ3n) is 0. The van der Waals surface area contributed by atoms with Gasteiger partial charge in [-0.3, -0.25) is 0 Å². The van der Waals surface area contributed by atoms with Gasteiger partial charge in [0.1, 0.15) is 0 Å². The molecule has 0 rings (SSSR count). The molecule has 0 amide bonds. The number of rotatable bonds is 0. The van der Waals surface area contributed by atoms with Crippen molar-refractivity contribution in [1.82, 2.24) is 0 Å². The second-order valence-electron chi connectivity index (χ2n) is 0. The first kappa shape index (κ1) is 55.5. The standard InChI is InChI=1S/Fe.2Mn.Na.2Ni.H/q;;;+1;;;-1. The summed E-state index contributed by atoms with van der Waals surface area (Å²) in [6.45, 7) is 0. The summed E-state index contributed by atoms with van der Waals surface area (Å²) in [5, 5.41) is 0. The van der Waals surface area contributed by atoms with Crippen LogP contribution in [0.25, 0.3) is 0 Å². The molecular formula is HFeMn2NaNi2. The van der Waals surface area contributed by atoms with Gasteiger partial charge in [0.05, 0.1) is 0 Å². The fraction of sp³-hybridized carbons (Fsp3) is 0. The van der Waals surface area contributed by atoms with Crippen molar-refractivity contribution in [2.24, 2.45) is 0 Å². The molecule has 0 fully saturated rings. The zero-order valence-corrected chi connectivity index (χ0v) is 10.2. The van der Waals surface area contributed by atoms with Crippen LogP contribution in [0.15, 0.2) is 0 Å². The summed E-state index contributed by atoms with van der Waals surface area (Å²) in [7, 11) is 0. The van der Waals surface area contributed by atoms with Gasteiger partial charge in [-0.25, -0.2) is 0 Å². The van der Waals surface area contributed by atoms with Crippen molar-refractivity contribution in [2.75, 3.05) is 0 Å². The van der Waals surface area contributed by atoms with E-state index in [2.05, 4.69) is 0 Å². The van der Waals surface area contributed by atoms with Crippen LogP contribution in [0.4, 0.5) is 0 Å². The molecule has 0 aromatic heterocycles. The van der Waals surface area contributed by atoms with E-state index in [0.717, 1.165) is 0 Å². The molecule has 44 valence electrons. The molecule has 6 heteroatoms. The first-order valence-electron chi connectivity index (χ1n) is 0. The minimum atomic E-state index is 0. The van der Waals surface area contributed by atoms with Crippen LogP contribution < -0.4 is 29.6 Å². The van der Waals surface area contributed by atoms with Crippen molar-refractivity contribution in [3.63, 3.8) is 0 Å². The molecule has 0 saturated carbocycles. The average molecular weight is 307 g/mol. The smallest absolute Gasteiger partial charge is 1.00 e. The summed E-state index contributed by atoms with van der Waals surface area (Å²) in [5.41, 5.74) is 0. The van der Waals surface area contributed by atoms with E-state index in [-0.39, 0.29) is 115 Å². The van der Waals surface area contributed by atoms with Gasteiger partial charge in [-0.1, -0.05) is 0 Å². The number of hydrogen-bond acceptors (Lipinski definition) is 0. The molecule has 0 aliphatic heterocycles. The molecule has 0 spiro atoms. The van der Waals surface area contributed by atoms with Crippen molar-refractivity contribution in [3.8, 4) is 0 Å². The van der Waals surface area contributed by atoms with E-state index in [9.17, 15) is 0 Å². The van der Waals surface area contributed by atoms with Crippen LogP contribution >= 0.6 is 0 Å².